The van der Waals surface area contributed by atoms with Crippen molar-refractivity contribution in [3.8, 4) is 0 Å². The summed E-state index contributed by atoms with van der Waals surface area (Å²) in [6.07, 6.45) is 0. The van der Waals surface area contributed by atoms with Gasteiger partial charge in [-0.25, -0.2) is 4.79 Å². The molecule has 0 amide bonds. The Bertz CT molecular complexity index is 1170. The molecule has 4 rings (SSSR count). The van der Waals surface area contributed by atoms with Crippen LogP contribution in [0.2, 0.25) is 0 Å². The maximum Gasteiger partial charge on any atom is 0.438 e. The van der Waals surface area contributed by atoms with Gasteiger partial charge in [-0.3, -0.25) is 23.7 Å². The highest BCUT2D eigenvalue weighted by atomic mass is 16.6. The molecule has 14 heteroatoms. The van der Waals surface area contributed by atoms with Gasteiger partial charge in [0.15, 0.2) is 11.5 Å². The van der Waals surface area contributed by atoms with Crippen LogP contribution in [-0.2, 0) is 0 Å². The molecule has 0 unspecified atom stereocenters. The Balaban J connectivity index is 0.000000234. The predicted octanol–water partition coefficient (Wildman–Crippen LogP) is 3.53. The van der Waals surface area contributed by atoms with Crippen LogP contribution in [0.1, 0.15) is 90.4 Å². The zero-order valence-corrected chi connectivity index (χ0v) is 21.3. The largest absolute Gasteiger partial charge is 0.438 e. The molecule has 3 N–H and O–H groups in total. The van der Waals surface area contributed by atoms with E-state index in [9.17, 15) is 14.4 Å². The zero-order valence-electron chi connectivity index (χ0n) is 21.3. The summed E-state index contributed by atoms with van der Waals surface area (Å²) in [5.41, 5.74) is 1.14. The second-order valence-electron chi connectivity index (χ2n) is 8.69. The lowest BCUT2D eigenvalue weighted by molar-refractivity contribution is 0.299. The van der Waals surface area contributed by atoms with E-state index < -0.39 is 5.76 Å². The quantitative estimate of drug-likeness (QED) is 0.488. The molecule has 4 heterocycles. The SMILES string of the molecule is CC(C)C1=NN=NC1.CC(C)c1cc(=O)[nH]o1.CC(C)c1no[nH]c1=O.CC(C)c1noc(=O)[nH]1. The molecule has 0 aromatic carbocycles. The first-order valence-corrected chi connectivity index (χ1v) is 11.1. The molecule has 0 atom stereocenters. The smallest absolute Gasteiger partial charge is 0.383 e. The number of rotatable bonds is 4. The molecule has 0 fully saturated rings. The van der Waals surface area contributed by atoms with Crippen LogP contribution in [0.15, 0.2) is 49.6 Å². The third kappa shape index (κ3) is 10.8. The second-order valence-corrected chi connectivity index (χ2v) is 8.69. The first kappa shape index (κ1) is 29.2. The molecular formula is C21H34N8O6. The van der Waals surface area contributed by atoms with Crippen LogP contribution in [0.4, 0.5) is 0 Å². The van der Waals surface area contributed by atoms with Crippen LogP contribution in [0.3, 0.4) is 0 Å². The van der Waals surface area contributed by atoms with E-state index in [1.807, 2.05) is 41.5 Å². The lowest BCUT2D eigenvalue weighted by Gasteiger charge is -1.97. The van der Waals surface area contributed by atoms with Gasteiger partial charge in [-0.1, -0.05) is 65.7 Å². The Labute approximate surface area is 201 Å². The summed E-state index contributed by atoms with van der Waals surface area (Å²) >= 11 is 0. The Kier molecular flexibility index (Phi) is 12.0. The highest BCUT2D eigenvalue weighted by Gasteiger charge is 2.08. The molecule has 0 saturated heterocycles. The van der Waals surface area contributed by atoms with E-state index in [-0.39, 0.29) is 28.9 Å². The summed E-state index contributed by atoms with van der Waals surface area (Å²) in [6.45, 7) is 16.4. The van der Waals surface area contributed by atoms with Crippen molar-refractivity contribution in [2.45, 2.75) is 73.1 Å². The third-order valence-corrected chi connectivity index (χ3v) is 4.31. The molecule has 0 saturated carbocycles. The van der Waals surface area contributed by atoms with Gasteiger partial charge >= 0.3 is 11.3 Å². The topological polar surface area (TPSA) is 201 Å². The molecule has 3 aromatic heterocycles. The van der Waals surface area contributed by atoms with Crippen molar-refractivity contribution in [3.63, 3.8) is 0 Å². The molecule has 0 bridgehead atoms. The van der Waals surface area contributed by atoms with Crippen LogP contribution < -0.4 is 16.9 Å². The Morgan fingerprint density at radius 1 is 0.857 bits per heavy atom. The minimum absolute atomic E-state index is 0.132. The second kappa shape index (κ2) is 14.4. The van der Waals surface area contributed by atoms with E-state index in [4.69, 9.17) is 4.52 Å². The number of nitrogens with zero attached hydrogens (tertiary/aromatic N) is 5. The van der Waals surface area contributed by atoms with Gasteiger partial charge in [0, 0.05) is 23.8 Å². The Morgan fingerprint density at radius 3 is 1.77 bits per heavy atom. The highest BCUT2D eigenvalue weighted by Crippen LogP contribution is 2.09. The summed E-state index contributed by atoms with van der Waals surface area (Å²) in [7, 11) is 0. The van der Waals surface area contributed by atoms with E-state index in [2.05, 4.69) is 64.0 Å². The molecule has 0 spiro atoms. The van der Waals surface area contributed by atoms with Gasteiger partial charge in [0.2, 0.25) is 0 Å². The third-order valence-electron chi connectivity index (χ3n) is 4.31. The molecule has 14 nitrogen and oxygen atoms in total. The molecule has 3 aromatic rings. The Hall–Kier alpha value is -3.84. The van der Waals surface area contributed by atoms with Crippen molar-refractivity contribution in [1.82, 2.24) is 25.6 Å². The summed E-state index contributed by atoms with van der Waals surface area (Å²) in [5, 5.41) is 22.3. The van der Waals surface area contributed by atoms with Crippen LogP contribution in [0.5, 0.6) is 0 Å². The molecule has 0 radical (unpaired) electrons. The van der Waals surface area contributed by atoms with Crippen LogP contribution in [0, 0.1) is 5.92 Å². The standard InChI is InChI=1S/C6H9NO2.C5H9N3.2C5H8N2O2/c1-4(2)5-3-6(8)7-9-5;1-4(2)5-3-6-8-7-5;1-3(2)4-6-5(8)9-7-4;1-3(2)4-5(8)7-9-6-4/h3-4H,1-2H3,(H,7,8);4H,3H2,1-2H3;3H,1-2H3,(H,6,7,8);3H,1-2H3,(H,7,8). The van der Waals surface area contributed by atoms with Gasteiger partial charge in [0.05, 0.1) is 5.71 Å². The Morgan fingerprint density at radius 2 is 1.54 bits per heavy atom. The molecule has 1 aliphatic rings. The lowest BCUT2D eigenvalue weighted by atomic mass is 10.1. The average molecular weight is 495 g/mol. The van der Waals surface area contributed by atoms with E-state index in [0.29, 0.717) is 29.7 Å². The summed E-state index contributed by atoms with van der Waals surface area (Å²) < 4.78 is 13.4. The molecule has 1 aliphatic heterocycles. The number of H-pyrrole nitrogens is 3. The van der Waals surface area contributed by atoms with Crippen molar-refractivity contribution in [3.05, 3.63) is 54.6 Å². The molecule has 0 aliphatic carbocycles. The number of aromatic nitrogens is 5. The monoisotopic (exact) mass is 494 g/mol. The molecule has 35 heavy (non-hydrogen) atoms. The minimum Gasteiger partial charge on any atom is -0.383 e. The maximum absolute atomic E-state index is 10.6. The van der Waals surface area contributed by atoms with Crippen molar-refractivity contribution < 1.29 is 13.7 Å². The van der Waals surface area contributed by atoms with Gasteiger partial charge in [-0.05, 0) is 11.1 Å². The van der Waals surface area contributed by atoms with E-state index in [0.717, 1.165) is 5.71 Å². The first-order valence-electron chi connectivity index (χ1n) is 11.1. The van der Waals surface area contributed by atoms with Crippen LogP contribution >= 0.6 is 0 Å². The van der Waals surface area contributed by atoms with Gasteiger partial charge in [-0.2, -0.15) is 15.4 Å². The van der Waals surface area contributed by atoms with E-state index in [1.165, 1.54) is 6.07 Å². The summed E-state index contributed by atoms with van der Waals surface area (Å²) in [5.74, 6) is 1.96. The van der Waals surface area contributed by atoms with Crippen LogP contribution in [0.25, 0.3) is 0 Å². The van der Waals surface area contributed by atoms with Crippen LogP contribution in [-0.4, -0.2) is 37.9 Å². The van der Waals surface area contributed by atoms with Crippen molar-refractivity contribution in [1.29, 1.82) is 0 Å². The normalized spacial score (nSPS) is 12.2. The van der Waals surface area contributed by atoms with Gasteiger partial charge < -0.3 is 4.52 Å². The summed E-state index contributed by atoms with van der Waals surface area (Å²) in [6, 6.07) is 1.46. The number of nitrogens with one attached hydrogen (secondary N) is 3. The van der Waals surface area contributed by atoms with Crippen molar-refractivity contribution in [2.75, 3.05) is 6.54 Å². The first-order chi connectivity index (χ1) is 16.4. The number of hydrogen-bond acceptors (Lipinski definition) is 11. The molecule has 194 valence electrons. The number of aromatic amines is 3. The van der Waals surface area contributed by atoms with E-state index in [1.54, 1.807) is 0 Å². The van der Waals surface area contributed by atoms with Crippen molar-refractivity contribution in [2.24, 2.45) is 21.4 Å². The van der Waals surface area contributed by atoms with Gasteiger partial charge in [0.1, 0.15) is 12.3 Å². The van der Waals surface area contributed by atoms with E-state index >= 15 is 0 Å². The number of hydrogen-bond donors (Lipinski definition) is 3. The zero-order chi connectivity index (χ0) is 26.5. The minimum atomic E-state index is -0.487. The maximum atomic E-state index is 10.6. The average Bonchev–Trinajstić information content (AvgIpc) is 3.57. The lowest BCUT2D eigenvalue weighted by Crippen LogP contribution is -2.07. The fourth-order valence-corrected chi connectivity index (χ4v) is 2.17. The van der Waals surface area contributed by atoms with Gasteiger partial charge in [-0.15, -0.1) is 5.10 Å². The fraction of sp³-hybridized carbons (Fsp3) is 0.619. The molecular weight excluding hydrogens is 460 g/mol. The van der Waals surface area contributed by atoms with Crippen molar-refractivity contribution >= 4 is 5.71 Å². The van der Waals surface area contributed by atoms with Gasteiger partial charge in [0.25, 0.3) is 5.56 Å². The summed E-state index contributed by atoms with van der Waals surface area (Å²) in [4.78, 5) is 33.8. The highest BCUT2D eigenvalue weighted by molar-refractivity contribution is 5.88. The fourth-order valence-electron chi connectivity index (χ4n) is 2.17. The predicted molar refractivity (Wildman–Crippen MR) is 128 cm³/mol.